The van der Waals surface area contributed by atoms with Gasteiger partial charge in [0.25, 0.3) is 0 Å². The van der Waals surface area contributed by atoms with Gasteiger partial charge in [0.2, 0.25) is 0 Å². The molecule has 11 heavy (non-hydrogen) atoms. The lowest BCUT2D eigenvalue weighted by molar-refractivity contribution is 1.03. The average Bonchev–Trinajstić information content (AvgIpc) is 2.05. The van der Waals surface area contributed by atoms with Gasteiger partial charge in [0.1, 0.15) is 4.84 Å². The van der Waals surface area contributed by atoms with Crippen molar-refractivity contribution < 1.29 is 0 Å². The van der Waals surface area contributed by atoms with Crippen LogP contribution in [0.25, 0.3) is 0 Å². The van der Waals surface area contributed by atoms with Gasteiger partial charge in [-0.2, -0.15) is 0 Å². The van der Waals surface area contributed by atoms with E-state index in [9.17, 15) is 0 Å². The van der Waals surface area contributed by atoms with Crippen LogP contribution in [0.2, 0.25) is 0 Å². The highest BCUT2D eigenvalue weighted by Crippen LogP contribution is 2.22. The third-order valence-electron chi connectivity index (χ3n) is 1.70. The van der Waals surface area contributed by atoms with Crippen LogP contribution >= 0.6 is 23.2 Å². The molecule has 1 aromatic rings. The summed E-state index contributed by atoms with van der Waals surface area (Å²) in [5.74, 6) is 0. The quantitative estimate of drug-likeness (QED) is 0.511. The van der Waals surface area contributed by atoms with Crippen molar-refractivity contribution in [3.63, 3.8) is 0 Å². The first-order chi connectivity index (χ1) is 5.22. The molecule has 0 aliphatic rings. The number of hydrogen-bond acceptors (Lipinski definition) is 0. The average molecular weight is 205 g/mol. The Morgan fingerprint density at radius 3 is 2.09 bits per heavy atom. The Bertz CT molecular complexity index is 211. The van der Waals surface area contributed by atoms with Gasteiger partial charge in [0, 0.05) is 10.2 Å². The van der Waals surface area contributed by atoms with E-state index in [1.165, 1.54) is 5.56 Å². The van der Waals surface area contributed by atoms with Crippen LogP contribution in [-0.4, -0.2) is 15.1 Å². The molecule has 1 aromatic carbocycles. The van der Waals surface area contributed by atoms with E-state index >= 15 is 0 Å². The normalized spacial score (nSPS) is 13.7. The molecule has 3 heteroatoms. The Kier molecular flexibility index (Phi) is 3.43. The van der Waals surface area contributed by atoms with Crippen LogP contribution in [-0.2, 0) is 0 Å². The SMILES string of the molecule is [SiH3]C(c1ccccc1)C(Cl)Cl. The molecule has 1 atom stereocenters. The fourth-order valence-electron chi connectivity index (χ4n) is 0.902. The Balaban J connectivity index is 2.77. The van der Waals surface area contributed by atoms with Crippen LogP contribution in [0.4, 0.5) is 0 Å². The fraction of sp³-hybridized carbons (Fsp3) is 0.250. The molecule has 0 N–H and O–H groups in total. The highest BCUT2D eigenvalue weighted by molar-refractivity contribution is 6.47. The van der Waals surface area contributed by atoms with E-state index < -0.39 is 0 Å². The molecule has 0 bridgehead atoms. The molecule has 1 unspecified atom stereocenters. The maximum Gasteiger partial charge on any atom is 0.111 e. The van der Waals surface area contributed by atoms with Gasteiger partial charge in [0.05, 0.1) is 0 Å². The molecule has 0 aliphatic heterocycles. The van der Waals surface area contributed by atoms with Crippen LogP contribution < -0.4 is 0 Å². The predicted octanol–water partition coefficient (Wildman–Crippen LogP) is 1.90. The van der Waals surface area contributed by atoms with E-state index in [2.05, 4.69) is 12.1 Å². The molecular formula is C8H10Cl2Si. The standard InChI is InChI=1S/C8H10Cl2Si/c9-8(10)7(11)6-4-2-1-3-5-6/h1-5,7-8H,11H3. The molecule has 0 heterocycles. The molecule has 0 saturated heterocycles. The fourth-order valence-corrected chi connectivity index (χ4v) is 1.58. The molecule has 0 saturated carbocycles. The van der Waals surface area contributed by atoms with Crippen molar-refractivity contribution in [1.29, 1.82) is 0 Å². The van der Waals surface area contributed by atoms with Gasteiger partial charge >= 0.3 is 0 Å². The molecule has 0 fully saturated rings. The Labute approximate surface area is 79.9 Å². The number of rotatable bonds is 2. The summed E-state index contributed by atoms with van der Waals surface area (Å²) in [6, 6.07) is 10.1. The number of benzene rings is 1. The monoisotopic (exact) mass is 204 g/mol. The van der Waals surface area contributed by atoms with Gasteiger partial charge < -0.3 is 0 Å². The van der Waals surface area contributed by atoms with Crippen LogP contribution in [0.15, 0.2) is 30.3 Å². The van der Waals surface area contributed by atoms with Gasteiger partial charge in [-0.1, -0.05) is 30.3 Å². The molecule has 0 aromatic heterocycles. The molecular weight excluding hydrogens is 195 g/mol. The molecule has 1 rings (SSSR count). The van der Waals surface area contributed by atoms with Gasteiger partial charge in [0.15, 0.2) is 0 Å². The summed E-state index contributed by atoms with van der Waals surface area (Å²) in [7, 11) is 0.997. The van der Waals surface area contributed by atoms with Gasteiger partial charge in [-0.05, 0) is 11.1 Å². The summed E-state index contributed by atoms with van der Waals surface area (Å²) in [4.78, 5) is -0.260. The van der Waals surface area contributed by atoms with Crippen molar-refractivity contribution in [1.82, 2.24) is 0 Å². The lowest BCUT2D eigenvalue weighted by atomic mass is 10.2. The predicted molar refractivity (Wildman–Crippen MR) is 54.6 cm³/mol. The third-order valence-corrected chi connectivity index (χ3v) is 4.64. The van der Waals surface area contributed by atoms with Crippen molar-refractivity contribution in [3.05, 3.63) is 35.9 Å². The first-order valence-electron chi connectivity index (χ1n) is 3.55. The van der Waals surface area contributed by atoms with Crippen molar-refractivity contribution in [2.24, 2.45) is 0 Å². The zero-order chi connectivity index (χ0) is 8.27. The van der Waals surface area contributed by atoms with E-state index in [-0.39, 0.29) is 4.84 Å². The van der Waals surface area contributed by atoms with Crippen LogP contribution in [0.5, 0.6) is 0 Å². The summed E-state index contributed by atoms with van der Waals surface area (Å²) in [5, 5.41) is 0. The summed E-state index contributed by atoms with van der Waals surface area (Å²) in [6.45, 7) is 0. The van der Waals surface area contributed by atoms with Crippen molar-refractivity contribution in [3.8, 4) is 0 Å². The topological polar surface area (TPSA) is 0 Å². The number of hydrogen-bond donors (Lipinski definition) is 0. The van der Waals surface area contributed by atoms with Gasteiger partial charge in [-0.3, -0.25) is 0 Å². The van der Waals surface area contributed by atoms with Gasteiger partial charge in [-0.25, -0.2) is 0 Å². The second-order valence-electron chi connectivity index (χ2n) is 2.53. The van der Waals surface area contributed by atoms with E-state index in [1.807, 2.05) is 18.2 Å². The zero-order valence-electron chi connectivity index (χ0n) is 6.30. The van der Waals surface area contributed by atoms with Gasteiger partial charge in [-0.15, -0.1) is 23.2 Å². The Hall–Kier alpha value is 0.0169. The third kappa shape index (κ3) is 2.51. The van der Waals surface area contributed by atoms with Crippen molar-refractivity contribution in [2.45, 2.75) is 10.4 Å². The van der Waals surface area contributed by atoms with Crippen LogP contribution in [0, 0.1) is 0 Å². The lowest BCUT2D eigenvalue weighted by Gasteiger charge is -2.11. The largest absolute Gasteiger partial charge is 0.111 e. The van der Waals surface area contributed by atoms with E-state index in [0.717, 1.165) is 10.2 Å². The summed E-state index contributed by atoms with van der Waals surface area (Å²) in [5.41, 5.74) is 1.59. The van der Waals surface area contributed by atoms with Crippen LogP contribution in [0.1, 0.15) is 11.1 Å². The molecule has 0 aliphatic carbocycles. The first kappa shape index (κ1) is 9.11. The Morgan fingerprint density at radius 1 is 1.09 bits per heavy atom. The lowest BCUT2D eigenvalue weighted by Crippen LogP contribution is -2.06. The number of halogens is 2. The minimum absolute atomic E-state index is 0.260. The first-order valence-corrected chi connectivity index (χ1v) is 5.57. The molecule has 0 radical (unpaired) electrons. The molecule has 0 nitrogen and oxygen atoms in total. The highest BCUT2D eigenvalue weighted by atomic mass is 35.5. The smallest absolute Gasteiger partial charge is 0.105 e. The van der Waals surface area contributed by atoms with E-state index in [4.69, 9.17) is 23.2 Å². The molecule has 0 spiro atoms. The maximum absolute atomic E-state index is 5.76. The summed E-state index contributed by atoms with van der Waals surface area (Å²) in [6.07, 6.45) is 0. The van der Waals surface area contributed by atoms with Crippen molar-refractivity contribution in [2.75, 3.05) is 0 Å². The minimum Gasteiger partial charge on any atom is -0.105 e. The Morgan fingerprint density at radius 2 is 1.64 bits per heavy atom. The highest BCUT2D eigenvalue weighted by Gasteiger charge is 2.11. The van der Waals surface area contributed by atoms with Crippen LogP contribution in [0.3, 0.4) is 0 Å². The zero-order valence-corrected chi connectivity index (χ0v) is 9.81. The second kappa shape index (κ2) is 4.15. The second-order valence-corrected chi connectivity index (χ2v) is 4.94. The molecule has 0 amide bonds. The summed E-state index contributed by atoms with van der Waals surface area (Å²) >= 11 is 11.5. The summed E-state index contributed by atoms with van der Waals surface area (Å²) < 4.78 is 0. The maximum atomic E-state index is 5.76. The van der Waals surface area contributed by atoms with Crippen molar-refractivity contribution >= 4 is 33.4 Å². The van der Waals surface area contributed by atoms with E-state index in [1.54, 1.807) is 0 Å². The molecule has 60 valence electrons. The van der Waals surface area contributed by atoms with E-state index in [0.29, 0.717) is 5.54 Å². The minimum atomic E-state index is -0.260. The number of alkyl halides is 2.